The molecule has 3 heterocycles. The first-order valence-electron chi connectivity index (χ1n) is 11.7. The van der Waals surface area contributed by atoms with Crippen LogP contribution < -0.4 is 10.6 Å². The minimum Gasteiger partial charge on any atom is -0.456 e. The van der Waals surface area contributed by atoms with Crippen molar-refractivity contribution in [3.05, 3.63) is 53.2 Å². The van der Waals surface area contributed by atoms with Crippen LogP contribution in [0.3, 0.4) is 0 Å². The maximum Gasteiger partial charge on any atom is 0.340 e. The number of aromatic nitrogens is 1. The lowest BCUT2D eigenvalue weighted by Gasteiger charge is -2.24. The van der Waals surface area contributed by atoms with Gasteiger partial charge in [0, 0.05) is 49.2 Å². The standard InChI is InChI=1S/C26H31N3O4S/c1-26(2,3)33-25(30)24-21(34(31,32)20-9-7-6-8-16(20)27-4)13-12-18-23(24)22-17-11-10-15(28-17)14-19(22)29(18)5/h6-9,12-13,15,17,27-28H,10-11,14H2,1-5H3. The number of anilines is 1. The molecule has 2 bridgehead atoms. The van der Waals surface area contributed by atoms with Crippen LogP contribution in [0.5, 0.6) is 0 Å². The van der Waals surface area contributed by atoms with Crippen LogP contribution in [0.2, 0.25) is 0 Å². The molecule has 2 aliphatic heterocycles. The Bertz CT molecular complexity index is 1420. The lowest BCUT2D eigenvalue weighted by Crippen LogP contribution is -2.32. The molecule has 180 valence electrons. The number of ether oxygens (including phenoxy) is 1. The van der Waals surface area contributed by atoms with Crippen molar-refractivity contribution in [1.29, 1.82) is 0 Å². The van der Waals surface area contributed by atoms with Gasteiger partial charge < -0.3 is 19.9 Å². The van der Waals surface area contributed by atoms with E-state index in [0.29, 0.717) is 17.1 Å². The Morgan fingerprint density at radius 1 is 1.12 bits per heavy atom. The molecule has 2 N–H and O–H groups in total. The Balaban J connectivity index is 1.85. The monoisotopic (exact) mass is 481 g/mol. The summed E-state index contributed by atoms with van der Waals surface area (Å²) in [5, 5.41) is 7.30. The van der Waals surface area contributed by atoms with E-state index in [0.717, 1.165) is 36.0 Å². The van der Waals surface area contributed by atoms with Gasteiger partial charge in [0.05, 0.1) is 21.0 Å². The van der Waals surface area contributed by atoms with Crippen molar-refractivity contribution in [3.8, 4) is 0 Å². The number of carbonyl (C=O) groups excluding carboxylic acids is 1. The van der Waals surface area contributed by atoms with Crippen molar-refractivity contribution in [2.75, 3.05) is 12.4 Å². The summed E-state index contributed by atoms with van der Waals surface area (Å²) in [7, 11) is -0.351. The molecule has 2 atom stereocenters. The number of hydrogen-bond acceptors (Lipinski definition) is 6. The predicted molar refractivity (Wildman–Crippen MR) is 132 cm³/mol. The Morgan fingerprint density at radius 3 is 2.56 bits per heavy atom. The van der Waals surface area contributed by atoms with Crippen LogP contribution in [-0.2, 0) is 28.0 Å². The van der Waals surface area contributed by atoms with Crippen LogP contribution >= 0.6 is 0 Å². The van der Waals surface area contributed by atoms with Gasteiger partial charge in [0.15, 0.2) is 0 Å². The van der Waals surface area contributed by atoms with Gasteiger partial charge in [-0.1, -0.05) is 12.1 Å². The highest BCUT2D eigenvalue weighted by Crippen LogP contribution is 2.45. The van der Waals surface area contributed by atoms with Gasteiger partial charge in [0.1, 0.15) is 5.60 Å². The summed E-state index contributed by atoms with van der Waals surface area (Å²) in [4.78, 5) is 13.8. The summed E-state index contributed by atoms with van der Waals surface area (Å²) in [6.45, 7) is 5.37. The molecule has 1 aromatic heterocycles. The Hall–Kier alpha value is -2.84. The fourth-order valence-electron chi connectivity index (χ4n) is 5.44. The molecular weight excluding hydrogens is 450 g/mol. The topological polar surface area (TPSA) is 89.4 Å². The highest BCUT2D eigenvalue weighted by atomic mass is 32.2. The molecule has 0 amide bonds. The zero-order valence-electron chi connectivity index (χ0n) is 20.2. The van der Waals surface area contributed by atoms with Crippen LogP contribution in [0.1, 0.15) is 61.3 Å². The third-order valence-corrected chi connectivity index (χ3v) is 8.71. The summed E-state index contributed by atoms with van der Waals surface area (Å²) in [6, 6.07) is 10.6. The molecule has 2 unspecified atom stereocenters. The number of para-hydroxylation sites is 1. The Kier molecular flexibility index (Phi) is 5.29. The highest BCUT2D eigenvalue weighted by molar-refractivity contribution is 7.91. The number of rotatable bonds is 4. The van der Waals surface area contributed by atoms with Gasteiger partial charge in [-0.2, -0.15) is 0 Å². The molecule has 7 nitrogen and oxygen atoms in total. The van der Waals surface area contributed by atoms with E-state index in [-0.39, 0.29) is 21.4 Å². The van der Waals surface area contributed by atoms with Gasteiger partial charge in [0.25, 0.3) is 0 Å². The minimum atomic E-state index is -4.03. The van der Waals surface area contributed by atoms with E-state index >= 15 is 0 Å². The summed E-state index contributed by atoms with van der Waals surface area (Å²) in [5.41, 5.74) is 2.88. The Labute approximate surface area is 200 Å². The molecule has 2 aliphatic rings. The first-order valence-corrected chi connectivity index (χ1v) is 13.2. The van der Waals surface area contributed by atoms with Crippen molar-refractivity contribution >= 4 is 32.4 Å². The van der Waals surface area contributed by atoms with Crippen LogP contribution in [-0.4, -0.2) is 37.6 Å². The van der Waals surface area contributed by atoms with Crippen molar-refractivity contribution in [2.24, 2.45) is 7.05 Å². The highest BCUT2D eigenvalue weighted by Gasteiger charge is 2.39. The first-order chi connectivity index (χ1) is 16.0. The zero-order valence-corrected chi connectivity index (χ0v) is 21.0. The SMILES string of the molecule is CNc1ccccc1S(=O)(=O)c1ccc2c(c1C(=O)OC(C)(C)C)c1c(n2C)CC2CCC1N2. The number of nitrogens with one attached hydrogen (secondary N) is 2. The van der Waals surface area contributed by atoms with E-state index in [1.807, 2.05) is 13.1 Å². The van der Waals surface area contributed by atoms with Gasteiger partial charge >= 0.3 is 5.97 Å². The number of carbonyl (C=O) groups is 1. The maximum atomic E-state index is 14.0. The third kappa shape index (κ3) is 3.51. The number of fused-ring (bicyclic) bond motifs is 6. The van der Waals surface area contributed by atoms with Gasteiger partial charge in [-0.25, -0.2) is 13.2 Å². The number of sulfone groups is 1. The van der Waals surface area contributed by atoms with E-state index in [1.165, 1.54) is 0 Å². The second-order valence-corrected chi connectivity index (χ2v) is 12.1. The molecule has 1 fully saturated rings. The molecular formula is C26H31N3O4S. The van der Waals surface area contributed by atoms with Gasteiger partial charge in [0.2, 0.25) is 9.84 Å². The zero-order chi connectivity index (χ0) is 24.4. The van der Waals surface area contributed by atoms with Crippen molar-refractivity contribution in [3.63, 3.8) is 0 Å². The minimum absolute atomic E-state index is 0.0227. The smallest absolute Gasteiger partial charge is 0.340 e. The number of aryl methyl sites for hydroxylation is 1. The third-order valence-electron chi connectivity index (χ3n) is 6.86. The molecule has 5 rings (SSSR count). The molecule has 0 saturated carbocycles. The maximum absolute atomic E-state index is 14.0. The Morgan fingerprint density at radius 2 is 1.85 bits per heavy atom. The lowest BCUT2D eigenvalue weighted by molar-refractivity contribution is 0.00675. The summed E-state index contributed by atoms with van der Waals surface area (Å²) < 4.78 is 35.9. The lowest BCUT2D eigenvalue weighted by atomic mass is 9.96. The normalized spacial score (nSPS) is 19.8. The molecule has 8 heteroatoms. The van der Waals surface area contributed by atoms with E-state index in [2.05, 4.69) is 15.2 Å². The average molecular weight is 482 g/mol. The van der Waals surface area contributed by atoms with Crippen molar-refractivity contribution in [1.82, 2.24) is 9.88 Å². The van der Waals surface area contributed by atoms with E-state index in [1.54, 1.807) is 58.2 Å². The van der Waals surface area contributed by atoms with Crippen LogP contribution in [0.15, 0.2) is 46.2 Å². The molecule has 1 saturated heterocycles. The van der Waals surface area contributed by atoms with Crippen LogP contribution in [0, 0.1) is 0 Å². The molecule has 0 aliphatic carbocycles. The van der Waals surface area contributed by atoms with Gasteiger partial charge in [-0.3, -0.25) is 0 Å². The van der Waals surface area contributed by atoms with Crippen LogP contribution in [0.4, 0.5) is 5.69 Å². The van der Waals surface area contributed by atoms with Gasteiger partial charge in [-0.05, 0) is 63.4 Å². The van der Waals surface area contributed by atoms with Crippen molar-refractivity contribution < 1.29 is 17.9 Å². The predicted octanol–water partition coefficient (Wildman–Crippen LogP) is 4.36. The molecule has 3 aromatic rings. The van der Waals surface area contributed by atoms with Gasteiger partial charge in [-0.15, -0.1) is 0 Å². The number of hydrogen-bond donors (Lipinski definition) is 2. The molecule has 2 aromatic carbocycles. The second kappa shape index (κ2) is 7.85. The first kappa shape index (κ1) is 22.9. The largest absolute Gasteiger partial charge is 0.456 e. The summed E-state index contributed by atoms with van der Waals surface area (Å²) in [6.07, 6.45) is 2.88. The quantitative estimate of drug-likeness (QED) is 0.539. The van der Waals surface area contributed by atoms with E-state index < -0.39 is 21.4 Å². The molecule has 0 radical (unpaired) electrons. The second-order valence-electron chi connectivity index (χ2n) is 10.2. The fraction of sp³-hybridized carbons (Fsp3) is 0.423. The molecule has 34 heavy (non-hydrogen) atoms. The summed E-state index contributed by atoms with van der Waals surface area (Å²) in [5.74, 6) is -0.618. The number of benzene rings is 2. The van der Waals surface area contributed by atoms with Crippen LogP contribution in [0.25, 0.3) is 10.9 Å². The fourth-order valence-corrected chi connectivity index (χ4v) is 7.10. The molecule has 0 spiro atoms. The number of esters is 1. The van der Waals surface area contributed by atoms with Crippen molar-refractivity contribution in [2.45, 2.75) is 67.5 Å². The van der Waals surface area contributed by atoms with E-state index in [4.69, 9.17) is 4.74 Å². The van der Waals surface area contributed by atoms with E-state index in [9.17, 15) is 13.2 Å². The average Bonchev–Trinajstić information content (AvgIpc) is 3.30. The summed E-state index contributed by atoms with van der Waals surface area (Å²) >= 11 is 0. The number of nitrogens with zero attached hydrogens (tertiary/aromatic N) is 1.